The third-order valence-corrected chi connectivity index (χ3v) is 8.02. The van der Waals surface area contributed by atoms with Crippen molar-refractivity contribution in [1.29, 1.82) is 0 Å². The van der Waals surface area contributed by atoms with Crippen LogP contribution in [0.5, 0.6) is 11.5 Å². The topological polar surface area (TPSA) is 135 Å². The van der Waals surface area contributed by atoms with Gasteiger partial charge >= 0.3 is 12.0 Å². The number of urea groups is 1. The Labute approximate surface area is 271 Å². The van der Waals surface area contributed by atoms with Gasteiger partial charge in [0.1, 0.15) is 6.61 Å². The average molecular weight is 646 g/mol. The molecule has 4 N–H and O–H groups in total. The number of fused-ring (bicyclic) bond motifs is 1. The smallest absolute Gasteiger partial charge is 0.337 e. The van der Waals surface area contributed by atoms with Crippen molar-refractivity contribution in [2.45, 2.75) is 39.6 Å². The number of aliphatic hydroxyl groups excluding tert-OH is 1. The monoisotopic (exact) mass is 645 g/mol. The van der Waals surface area contributed by atoms with Crippen LogP contribution in [0.25, 0.3) is 10.9 Å². The molecule has 0 fully saturated rings. The van der Waals surface area contributed by atoms with Crippen molar-refractivity contribution in [2.24, 2.45) is 5.10 Å². The third-order valence-electron chi connectivity index (χ3n) is 7.66. The number of nitrogens with one attached hydrogen (secondary N) is 3. The van der Waals surface area contributed by atoms with Crippen molar-refractivity contribution < 1.29 is 28.9 Å². The number of allylic oxidation sites excluding steroid dienone is 1. The highest BCUT2D eigenvalue weighted by Crippen LogP contribution is 2.35. The maximum Gasteiger partial charge on any atom is 0.337 e. The zero-order valence-corrected chi connectivity index (χ0v) is 26.7. The van der Waals surface area contributed by atoms with E-state index in [1.54, 1.807) is 31.3 Å². The van der Waals surface area contributed by atoms with Gasteiger partial charge in [-0.05, 0) is 56.2 Å². The number of amides is 2. The molecule has 5 rings (SSSR count). The molecular formula is C34H36ClN5O6. The summed E-state index contributed by atoms with van der Waals surface area (Å²) in [5.41, 5.74) is 7.97. The molecule has 2 atom stereocenters. The molecule has 1 aliphatic heterocycles. The first kappa shape index (κ1) is 32.4. The van der Waals surface area contributed by atoms with Crippen LogP contribution in [0.4, 0.5) is 4.79 Å². The van der Waals surface area contributed by atoms with Crippen LogP contribution >= 0.6 is 11.6 Å². The number of benzene rings is 3. The van der Waals surface area contributed by atoms with Crippen molar-refractivity contribution in [1.82, 2.24) is 20.6 Å². The van der Waals surface area contributed by atoms with Crippen LogP contribution in [0.15, 0.2) is 83.1 Å². The van der Waals surface area contributed by atoms with E-state index in [2.05, 4.69) is 31.8 Å². The SMILES string of the molecule is CCOc1cc([C@H]2NC(=O)NC(C)=C2C(=O)OC)ccc1OC[C@@H](O)N/N=C/c1c(C)n(Cc2ccccc2Cl)c2ccccc12. The number of rotatable bonds is 12. The van der Waals surface area contributed by atoms with E-state index in [1.165, 1.54) is 7.11 Å². The van der Waals surface area contributed by atoms with Crippen LogP contribution in [-0.4, -0.2) is 54.4 Å². The summed E-state index contributed by atoms with van der Waals surface area (Å²) in [6, 6.07) is 19.7. The summed E-state index contributed by atoms with van der Waals surface area (Å²) in [6.07, 6.45) is 0.550. The van der Waals surface area contributed by atoms with E-state index >= 15 is 0 Å². The summed E-state index contributed by atoms with van der Waals surface area (Å²) < 4.78 is 18.8. The van der Waals surface area contributed by atoms with Crippen molar-refractivity contribution in [3.8, 4) is 11.5 Å². The highest BCUT2D eigenvalue weighted by molar-refractivity contribution is 6.31. The van der Waals surface area contributed by atoms with Crippen LogP contribution in [-0.2, 0) is 16.1 Å². The van der Waals surface area contributed by atoms with Crippen LogP contribution in [0.3, 0.4) is 0 Å². The molecule has 46 heavy (non-hydrogen) atoms. The number of nitrogens with zero attached hydrogens (tertiary/aromatic N) is 2. The third kappa shape index (κ3) is 6.95. The Morgan fingerprint density at radius 1 is 1.11 bits per heavy atom. The molecule has 1 aliphatic rings. The highest BCUT2D eigenvalue weighted by atomic mass is 35.5. The number of carbonyl (C=O) groups is 2. The summed E-state index contributed by atoms with van der Waals surface area (Å²) in [5.74, 6) is 0.185. The van der Waals surface area contributed by atoms with Crippen molar-refractivity contribution >= 4 is 40.7 Å². The minimum Gasteiger partial charge on any atom is -0.490 e. The summed E-state index contributed by atoms with van der Waals surface area (Å²) in [6.45, 7) is 6.29. The number of aliphatic hydroxyl groups is 1. The van der Waals surface area contributed by atoms with Crippen LogP contribution in [0.2, 0.25) is 5.02 Å². The molecule has 1 aromatic heterocycles. The van der Waals surface area contributed by atoms with Gasteiger partial charge in [-0.1, -0.05) is 54.1 Å². The molecule has 0 aliphatic carbocycles. The summed E-state index contributed by atoms with van der Waals surface area (Å²) in [7, 11) is 1.28. The number of esters is 1. The molecule has 2 heterocycles. The number of hydrazone groups is 1. The van der Waals surface area contributed by atoms with Crippen molar-refractivity contribution in [2.75, 3.05) is 20.3 Å². The Morgan fingerprint density at radius 3 is 2.63 bits per heavy atom. The second-order valence-electron chi connectivity index (χ2n) is 10.6. The van der Waals surface area contributed by atoms with Gasteiger partial charge in [-0.2, -0.15) is 5.10 Å². The number of hydrogen-bond acceptors (Lipinski definition) is 8. The Kier molecular flexibility index (Phi) is 10.1. The molecule has 0 bridgehead atoms. The Balaban J connectivity index is 1.29. The zero-order valence-electron chi connectivity index (χ0n) is 26.0. The van der Waals surface area contributed by atoms with Crippen LogP contribution in [0, 0.1) is 6.92 Å². The van der Waals surface area contributed by atoms with Crippen LogP contribution in [0.1, 0.15) is 42.3 Å². The lowest BCUT2D eigenvalue weighted by molar-refractivity contribution is -0.136. The first-order valence-electron chi connectivity index (χ1n) is 14.8. The first-order chi connectivity index (χ1) is 22.2. The van der Waals surface area contributed by atoms with Crippen molar-refractivity contribution in [3.63, 3.8) is 0 Å². The molecule has 3 aromatic carbocycles. The Hall–Kier alpha value is -5.00. The van der Waals surface area contributed by atoms with E-state index in [0.29, 0.717) is 40.9 Å². The largest absolute Gasteiger partial charge is 0.490 e. The average Bonchev–Trinajstić information content (AvgIpc) is 3.30. The number of hydrogen-bond donors (Lipinski definition) is 4. The van der Waals surface area contributed by atoms with Gasteiger partial charge in [-0.15, -0.1) is 0 Å². The maximum atomic E-state index is 12.5. The fourth-order valence-corrected chi connectivity index (χ4v) is 5.63. The molecule has 12 heteroatoms. The number of carbonyl (C=O) groups excluding carboxylic acids is 2. The minimum atomic E-state index is -1.14. The molecule has 2 amide bonds. The molecule has 0 saturated carbocycles. The number of para-hydroxylation sites is 1. The molecule has 0 saturated heterocycles. The van der Waals surface area contributed by atoms with Gasteiger partial charge in [-0.25, -0.2) is 9.59 Å². The Bertz CT molecular complexity index is 1820. The lowest BCUT2D eigenvalue weighted by Gasteiger charge is -2.28. The summed E-state index contributed by atoms with van der Waals surface area (Å²) in [5, 5.41) is 22.0. The molecule has 4 aromatic rings. The second-order valence-corrected chi connectivity index (χ2v) is 11.0. The van der Waals surface area contributed by atoms with E-state index in [-0.39, 0.29) is 12.2 Å². The number of halogens is 1. The lowest BCUT2D eigenvalue weighted by Crippen LogP contribution is -2.45. The normalized spacial score (nSPS) is 15.4. The number of ether oxygens (including phenoxy) is 3. The van der Waals surface area contributed by atoms with Gasteiger partial charge in [-0.3, -0.25) is 5.43 Å². The standard InChI is InChI=1S/C34H36ClN5O6/c1-5-45-29-16-22(32-31(33(42)44-4)20(2)37-34(43)38-32)14-15-28(29)46-19-30(41)39-36-17-25-21(3)40(27-13-9-7-11-24(25)27)18-23-10-6-8-12-26(23)35/h6-17,30,32,39,41H,5,18-19H2,1-4H3,(H2,37,38,43)/b36-17+/t30-,32-/m1/s1. The fourth-order valence-electron chi connectivity index (χ4n) is 5.43. The summed E-state index contributed by atoms with van der Waals surface area (Å²) >= 11 is 6.45. The van der Waals surface area contributed by atoms with Crippen molar-refractivity contribution in [3.05, 3.63) is 105 Å². The molecule has 0 unspecified atom stereocenters. The predicted octanol–water partition coefficient (Wildman–Crippen LogP) is 5.17. The van der Waals surface area contributed by atoms with Gasteiger partial charge < -0.3 is 34.5 Å². The number of methoxy groups -OCH3 is 1. The second kappa shape index (κ2) is 14.4. The van der Waals surface area contributed by atoms with E-state index in [4.69, 9.17) is 25.8 Å². The quantitative estimate of drug-likeness (QED) is 0.0722. The van der Waals surface area contributed by atoms with Gasteiger partial charge in [0.15, 0.2) is 17.7 Å². The molecule has 11 nitrogen and oxygen atoms in total. The molecular weight excluding hydrogens is 610 g/mol. The minimum absolute atomic E-state index is 0.138. The zero-order chi connectivity index (χ0) is 32.8. The van der Waals surface area contributed by atoms with Gasteiger partial charge in [0.25, 0.3) is 0 Å². The van der Waals surface area contributed by atoms with E-state index < -0.39 is 24.3 Å². The Morgan fingerprint density at radius 2 is 1.87 bits per heavy atom. The van der Waals surface area contributed by atoms with Gasteiger partial charge in [0.2, 0.25) is 0 Å². The van der Waals surface area contributed by atoms with Crippen LogP contribution < -0.4 is 25.5 Å². The molecule has 0 spiro atoms. The fraction of sp³-hybridized carbons (Fsp3) is 0.265. The first-order valence-corrected chi connectivity index (χ1v) is 15.1. The summed E-state index contributed by atoms with van der Waals surface area (Å²) in [4.78, 5) is 24.7. The number of aromatic nitrogens is 1. The maximum absolute atomic E-state index is 12.5. The van der Waals surface area contributed by atoms with Gasteiger partial charge in [0, 0.05) is 39.4 Å². The molecule has 240 valence electrons. The van der Waals surface area contributed by atoms with E-state index in [1.807, 2.05) is 56.3 Å². The van der Waals surface area contributed by atoms with Gasteiger partial charge in [0.05, 0.1) is 31.5 Å². The molecule has 0 radical (unpaired) electrons. The van der Waals surface area contributed by atoms with E-state index in [9.17, 15) is 14.7 Å². The van der Waals surface area contributed by atoms with E-state index in [0.717, 1.165) is 27.7 Å². The highest BCUT2D eigenvalue weighted by Gasteiger charge is 2.32. The lowest BCUT2D eigenvalue weighted by atomic mass is 9.95. The predicted molar refractivity (Wildman–Crippen MR) is 176 cm³/mol.